The molecule has 2 heteroatoms. The number of hydrogen-bond donors (Lipinski definition) is 0. The zero-order chi connectivity index (χ0) is 17.8. The standard InChI is InChI=1S/C24H18FN/c25-22-13-11-18(12-14-22)15-23-16-21(19-7-3-1-4-8-19)17-24(26-23)20-9-5-2-6-10-20/h1-14,16-17H,15H2. The van der Waals surface area contributed by atoms with E-state index in [1.165, 1.54) is 12.1 Å². The first-order valence-electron chi connectivity index (χ1n) is 8.64. The van der Waals surface area contributed by atoms with Crippen molar-refractivity contribution in [1.82, 2.24) is 4.98 Å². The normalized spacial score (nSPS) is 10.7. The van der Waals surface area contributed by atoms with Crippen molar-refractivity contribution in [2.75, 3.05) is 0 Å². The molecule has 0 aliphatic rings. The third-order valence-electron chi connectivity index (χ3n) is 4.35. The van der Waals surface area contributed by atoms with E-state index < -0.39 is 0 Å². The summed E-state index contributed by atoms with van der Waals surface area (Å²) in [6.07, 6.45) is 0.667. The van der Waals surface area contributed by atoms with Crippen LogP contribution in [-0.4, -0.2) is 4.98 Å². The molecule has 0 spiro atoms. The van der Waals surface area contributed by atoms with E-state index in [0.717, 1.165) is 33.6 Å². The van der Waals surface area contributed by atoms with E-state index in [4.69, 9.17) is 4.98 Å². The van der Waals surface area contributed by atoms with Crippen molar-refractivity contribution in [3.05, 3.63) is 114 Å². The highest BCUT2D eigenvalue weighted by molar-refractivity contribution is 5.71. The van der Waals surface area contributed by atoms with E-state index in [0.29, 0.717) is 6.42 Å². The van der Waals surface area contributed by atoms with Gasteiger partial charge in [-0.25, -0.2) is 4.39 Å². The van der Waals surface area contributed by atoms with Crippen LogP contribution in [0.4, 0.5) is 4.39 Å². The Morgan fingerprint density at radius 2 is 1.23 bits per heavy atom. The molecule has 0 amide bonds. The maximum absolute atomic E-state index is 13.2. The number of hydrogen-bond acceptors (Lipinski definition) is 1. The zero-order valence-electron chi connectivity index (χ0n) is 14.3. The lowest BCUT2D eigenvalue weighted by Crippen LogP contribution is -1.96. The molecule has 0 aliphatic heterocycles. The highest BCUT2D eigenvalue weighted by Crippen LogP contribution is 2.27. The number of aromatic nitrogens is 1. The molecule has 126 valence electrons. The minimum absolute atomic E-state index is 0.218. The maximum atomic E-state index is 13.2. The Bertz CT molecular complexity index is 936. The van der Waals surface area contributed by atoms with E-state index in [1.54, 1.807) is 0 Å². The molecule has 1 nitrogen and oxygen atoms in total. The lowest BCUT2D eigenvalue weighted by molar-refractivity contribution is 0.627. The van der Waals surface area contributed by atoms with Crippen LogP contribution in [0.3, 0.4) is 0 Å². The highest BCUT2D eigenvalue weighted by atomic mass is 19.1. The fourth-order valence-electron chi connectivity index (χ4n) is 3.04. The van der Waals surface area contributed by atoms with Gasteiger partial charge in [-0.3, -0.25) is 4.98 Å². The predicted octanol–water partition coefficient (Wildman–Crippen LogP) is 6.15. The second-order valence-electron chi connectivity index (χ2n) is 6.27. The summed E-state index contributed by atoms with van der Waals surface area (Å²) < 4.78 is 13.2. The largest absolute Gasteiger partial charge is 0.252 e. The Labute approximate surface area is 152 Å². The lowest BCUT2D eigenvalue weighted by atomic mass is 10.00. The topological polar surface area (TPSA) is 12.9 Å². The molecule has 0 radical (unpaired) electrons. The van der Waals surface area contributed by atoms with E-state index in [9.17, 15) is 4.39 Å². The van der Waals surface area contributed by atoms with Crippen molar-refractivity contribution >= 4 is 0 Å². The minimum atomic E-state index is -0.218. The van der Waals surface area contributed by atoms with Crippen LogP contribution in [0, 0.1) is 5.82 Å². The van der Waals surface area contributed by atoms with Crippen molar-refractivity contribution in [1.29, 1.82) is 0 Å². The van der Waals surface area contributed by atoms with Gasteiger partial charge in [0.2, 0.25) is 0 Å². The monoisotopic (exact) mass is 339 g/mol. The third kappa shape index (κ3) is 3.70. The summed E-state index contributed by atoms with van der Waals surface area (Å²) in [7, 11) is 0. The Morgan fingerprint density at radius 3 is 1.88 bits per heavy atom. The second kappa shape index (κ2) is 7.32. The van der Waals surface area contributed by atoms with Gasteiger partial charge in [0.1, 0.15) is 5.82 Å². The molecule has 4 aromatic rings. The van der Waals surface area contributed by atoms with Crippen LogP contribution in [0.15, 0.2) is 97.1 Å². The molecule has 0 aliphatic carbocycles. The van der Waals surface area contributed by atoms with Crippen LogP contribution < -0.4 is 0 Å². The van der Waals surface area contributed by atoms with Crippen LogP contribution in [-0.2, 0) is 6.42 Å². The van der Waals surface area contributed by atoms with Crippen molar-refractivity contribution in [3.63, 3.8) is 0 Å². The van der Waals surface area contributed by atoms with Crippen LogP contribution in [0.2, 0.25) is 0 Å². The van der Waals surface area contributed by atoms with Gasteiger partial charge in [0, 0.05) is 17.7 Å². The molecule has 1 heterocycles. The predicted molar refractivity (Wildman–Crippen MR) is 104 cm³/mol. The Balaban J connectivity index is 1.78. The van der Waals surface area contributed by atoms with E-state index in [-0.39, 0.29) is 5.82 Å². The van der Waals surface area contributed by atoms with Crippen LogP contribution in [0.1, 0.15) is 11.3 Å². The number of benzene rings is 3. The Hall–Kier alpha value is -3.26. The van der Waals surface area contributed by atoms with E-state index >= 15 is 0 Å². The van der Waals surface area contributed by atoms with Crippen molar-refractivity contribution in [2.24, 2.45) is 0 Å². The number of nitrogens with zero attached hydrogens (tertiary/aromatic N) is 1. The molecule has 0 bridgehead atoms. The summed E-state index contributed by atoms with van der Waals surface area (Å²) >= 11 is 0. The van der Waals surface area contributed by atoms with E-state index in [2.05, 4.69) is 36.4 Å². The average Bonchev–Trinajstić information content (AvgIpc) is 2.71. The molecule has 0 saturated carbocycles. The molecule has 0 unspecified atom stereocenters. The summed E-state index contributed by atoms with van der Waals surface area (Å²) in [5, 5.41) is 0. The van der Waals surface area contributed by atoms with Gasteiger partial charge >= 0.3 is 0 Å². The summed E-state index contributed by atoms with van der Waals surface area (Å²) in [6.45, 7) is 0. The first-order valence-corrected chi connectivity index (χ1v) is 8.64. The molecule has 26 heavy (non-hydrogen) atoms. The molecular weight excluding hydrogens is 321 g/mol. The first-order chi connectivity index (χ1) is 12.8. The van der Waals surface area contributed by atoms with Crippen molar-refractivity contribution < 1.29 is 4.39 Å². The average molecular weight is 339 g/mol. The highest BCUT2D eigenvalue weighted by Gasteiger charge is 2.08. The van der Waals surface area contributed by atoms with Gasteiger partial charge in [0.15, 0.2) is 0 Å². The van der Waals surface area contributed by atoms with Crippen LogP contribution in [0.25, 0.3) is 22.4 Å². The van der Waals surface area contributed by atoms with Gasteiger partial charge in [-0.2, -0.15) is 0 Å². The SMILES string of the molecule is Fc1ccc(Cc2cc(-c3ccccc3)cc(-c3ccccc3)n2)cc1. The molecule has 0 saturated heterocycles. The summed E-state index contributed by atoms with van der Waals surface area (Å²) in [5.41, 5.74) is 6.35. The fourth-order valence-corrected chi connectivity index (χ4v) is 3.04. The smallest absolute Gasteiger partial charge is 0.123 e. The molecule has 3 aromatic carbocycles. The Kier molecular flexibility index (Phi) is 4.57. The van der Waals surface area contributed by atoms with Gasteiger partial charge in [-0.05, 0) is 41.0 Å². The first kappa shape index (κ1) is 16.2. The fraction of sp³-hybridized carbons (Fsp3) is 0.0417. The summed E-state index contributed by atoms with van der Waals surface area (Å²) in [6, 6.07) is 31.3. The van der Waals surface area contributed by atoms with Gasteiger partial charge in [-0.1, -0.05) is 72.8 Å². The molecule has 4 rings (SSSR count). The molecule has 0 fully saturated rings. The van der Waals surface area contributed by atoms with Crippen molar-refractivity contribution in [3.8, 4) is 22.4 Å². The minimum Gasteiger partial charge on any atom is -0.252 e. The molecule has 1 aromatic heterocycles. The van der Waals surface area contributed by atoms with Gasteiger partial charge in [-0.15, -0.1) is 0 Å². The number of rotatable bonds is 4. The third-order valence-corrected chi connectivity index (χ3v) is 4.35. The van der Waals surface area contributed by atoms with Crippen molar-refractivity contribution in [2.45, 2.75) is 6.42 Å². The number of pyridine rings is 1. The molecular formula is C24H18FN. The summed E-state index contributed by atoms with van der Waals surface area (Å²) in [5.74, 6) is -0.218. The molecule has 0 N–H and O–H groups in total. The zero-order valence-corrected chi connectivity index (χ0v) is 14.3. The lowest BCUT2D eigenvalue weighted by Gasteiger charge is -2.10. The van der Waals surface area contributed by atoms with Gasteiger partial charge < -0.3 is 0 Å². The molecule has 0 atom stereocenters. The van der Waals surface area contributed by atoms with Crippen LogP contribution in [0.5, 0.6) is 0 Å². The van der Waals surface area contributed by atoms with Gasteiger partial charge in [0.05, 0.1) is 5.69 Å². The van der Waals surface area contributed by atoms with Crippen LogP contribution >= 0.6 is 0 Å². The second-order valence-corrected chi connectivity index (χ2v) is 6.27. The maximum Gasteiger partial charge on any atom is 0.123 e. The van der Waals surface area contributed by atoms with E-state index in [1.807, 2.05) is 48.5 Å². The Morgan fingerprint density at radius 1 is 0.615 bits per heavy atom. The number of halogens is 1. The quantitative estimate of drug-likeness (QED) is 0.435. The van der Waals surface area contributed by atoms with Gasteiger partial charge in [0.25, 0.3) is 0 Å². The summed E-state index contributed by atoms with van der Waals surface area (Å²) in [4.78, 5) is 4.85.